The van der Waals surface area contributed by atoms with Gasteiger partial charge in [-0.15, -0.1) is 18.2 Å². The molecule has 8 atom stereocenters. The van der Waals surface area contributed by atoms with Gasteiger partial charge in [0.05, 0.1) is 53.0 Å². The first-order chi connectivity index (χ1) is 51.6. The van der Waals surface area contributed by atoms with E-state index >= 15 is 0 Å². The van der Waals surface area contributed by atoms with Crippen molar-refractivity contribution < 1.29 is 28.8 Å². The molecule has 0 spiro atoms. The molecule has 106 heavy (non-hydrogen) atoms. The highest BCUT2D eigenvalue weighted by atomic mass is 79.9. The van der Waals surface area contributed by atoms with Gasteiger partial charge in [0.2, 0.25) is 0 Å². The van der Waals surface area contributed by atoms with E-state index in [9.17, 15) is 5.11 Å². The van der Waals surface area contributed by atoms with E-state index in [1.807, 2.05) is 133 Å². The quantitative estimate of drug-likeness (QED) is 0.0679. The highest BCUT2D eigenvalue weighted by Crippen LogP contribution is 2.39. The molecule has 4 unspecified atom stereocenters. The molecule has 12 heteroatoms. The molecule has 10 nitrogen and oxygen atoms in total. The summed E-state index contributed by atoms with van der Waals surface area (Å²) in [7, 11) is 8.42. The molecule has 0 bridgehead atoms. The Labute approximate surface area is 640 Å². The third kappa shape index (κ3) is 20.0. The number of halogens is 2. The standard InChI is InChI=1S/C27H32N2O.C24H28N2O.C18H15ClO.C18H16O2.C7H7BrO/c1-5-15-28-18-21(3)29(19-20(28)2)27(24-11-8-12-26(17-24)30-4)25-14-13-22-9-6-7-10-23(22)16-25;1-17-16-26(18(2)15-25-17)24(21-9-6-10-23(14-21)27-3)22-12-11-19-7-4-5-8-20(19)13-22;2*1-20-17-8-4-7-15(12-17)18(19)16-10-9-13-5-2-3-6-14(13)11-16;1-9-7-4-2-3-6(8)5-7/h5-14,16-17,20-21,27H,1,15,18-19H2,2-4H3;4-14,17-18,24-25H,15-16H2,1-3H3;2-12,18H,1H3;2-12,18-19H,1H3;2-5H,1H3/t20-,21+,27?;17-,18+,24?;;;/m11.../s1. The number of nitrogens with zero attached hydrogens (tertiary/aromatic N) is 3. The molecule has 13 aromatic rings. The van der Waals surface area contributed by atoms with Gasteiger partial charge >= 0.3 is 0 Å². The lowest BCUT2D eigenvalue weighted by Crippen LogP contribution is -2.57. The minimum Gasteiger partial charge on any atom is -0.497 e. The van der Waals surface area contributed by atoms with Gasteiger partial charge in [-0.2, -0.15) is 0 Å². The van der Waals surface area contributed by atoms with Crippen LogP contribution in [0.1, 0.15) is 95.8 Å². The predicted molar refractivity (Wildman–Crippen MR) is 445 cm³/mol. The molecular formula is C94H98BrClN4O6. The van der Waals surface area contributed by atoms with E-state index in [0.29, 0.717) is 24.2 Å². The first kappa shape index (κ1) is 77.3. The average Bonchev–Trinajstić information content (AvgIpc) is 0.787. The summed E-state index contributed by atoms with van der Waals surface area (Å²) in [5, 5.41) is 23.8. The third-order valence-electron chi connectivity index (χ3n) is 20.0. The van der Waals surface area contributed by atoms with Crippen molar-refractivity contribution in [2.45, 2.75) is 75.4 Å². The topological polar surface area (TPSA) is 88.1 Å². The SMILES string of the molecule is C=CCN1C[C@H](C)N(C(c2cccc(OC)c2)c2ccc3ccccc3c2)C[C@H]1C.COc1cccc(Br)c1.COc1cccc(C(Cl)c2ccc3ccccc3c2)c1.COc1cccc(C(O)c2ccc3ccccc3c2)c1.COc1cccc(C(c2ccc3ccccc3c2)N2C[C@@H](C)NC[C@@H]2C)c1. The van der Waals surface area contributed by atoms with Crippen LogP contribution in [0.25, 0.3) is 43.1 Å². The summed E-state index contributed by atoms with van der Waals surface area (Å²) < 4.78 is 27.5. The third-order valence-corrected chi connectivity index (χ3v) is 21.0. The van der Waals surface area contributed by atoms with E-state index in [4.69, 9.17) is 35.3 Å². The van der Waals surface area contributed by atoms with Gasteiger partial charge in [0.1, 0.15) is 34.9 Å². The van der Waals surface area contributed by atoms with E-state index in [1.165, 1.54) is 60.0 Å². The van der Waals surface area contributed by atoms with Gasteiger partial charge in [-0.05, 0) is 206 Å². The van der Waals surface area contributed by atoms with Crippen molar-refractivity contribution in [1.29, 1.82) is 0 Å². The van der Waals surface area contributed by atoms with E-state index in [1.54, 1.807) is 35.5 Å². The monoisotopic (exact) mass is 1490 g/mol. The second-order valence-electron chi connectivity index (χ2n) is 27.3. The van der Waals surface area contributed by atoms with Crippen LogP contribution in [0, 0.1) is 0 Å². The fourth-order valence-electron chi connectivity index (χ4n) is 14.3. The van der Waals surface area contributed by atoms with Crippen LogP contribution in [-0.4, -0.2) is 112 Å². The number of aliphatic hydroxyl groups is 1. The average molecular weight is 1500 g/mol. The number of alkyl halides is 1. The molecule has 2 aliphatic heterocycles. The van der Waals surface area contributed by atoms with Crippen molar-refractivity contribution >= 4 is 70.6 Å². The first-order valence-corrected chi connectivity index (χ1v) is 37.6. The number of ether oxygens (including phenoxy) is 5. The summed E-state index contributed by atoms with van der Waals surface area (Å²) in [5.74, 6) is 4.28. The van der Waals surface area contributed by atoms with Gasteiger partial charge in [0.15, 0.2) is 0 Å². The molecule has 2 N–H and O–H groups in total. The summed E-state index contributed by atoms with van der Waals surface area (Å²) in [4.78, 5) is 7.81. The number of nitrogens with one attached hydrogen (secondary N) is 1. The largest absolute Gasteiger partial charge is 0.497 e. The normalized spacial score (nSPS) is 17.1. The molecule has 0 aliphatic carbocycles. The Morgan fingerprint density at radius 1 is 0.387 bits per heavy atom. The second-order valence-corrected chi connectivity index (χ2v) is 28.6. The van der Waals surface area contributed by atoms with Gasteiger partial charge in [-0.1, -0.05) is 222 Å². The lowest BCUT2D eigenvalue weighted by atomic mass is 9.92. The number of methoxy groups -OCH3 is 5. The molecule has 0 amide bonds. The maximum Gasteiger partial charge on any atom is 0.119 e. The Balaban J connectivity index is 0.000000137. The van der Waals surface area contributed by atoms with Crippen LogP contribution in [0.15, 0.2) is 308 Å². The zero-order chi connectivity index (χ0) is 74.5. The number of benzene rings is 13. The Bertz CT molecular complexity index is 4870. The van der Waals surface area contributed by atoms with Crippen LogP contribution in [-0.2, 0) is 0 Å². The fourth-order valence-corrected chi connectivity index (χ4v) is 14.9. The minimum atomic E-state index is -0.644. The van der Waals surface area contributed by atoms with Crippen molar-refractivity contribution in [3.63, 3.8) is 0 Å². The van der Waals surface area contributed by atoms with E-state index in [-0.39, 0.29) is 17.5 Å². The van der Waals surface area contributed by atoms with Crippen LogP contribution in [0.5, 0.6) is 28.7 Å². The molecule has 2 saturated heterocycles. The molecule has 2 aliphatic rings. The molecule has 0 radical (unpaired) electrons. The summed E-state index contributed by atoms with van der Waals surface area (Å²) in [5.41, 5.74) is 9.09. The summed E-state index contributed by atoms with van der Waals surface area (Å²) in [6.07, 6.45) is 1.37. The Morgan fingerprint density at radius 2 is 0.717 bits per heavy atom. The highest BCUT2D eigenvalue weighted by molar-refractivity contribution is 9.10. The maximum atomic E-state index is 10.5. The minimum absolute atomic E-state index is 0.172. The van der Waals surface area contributed by atoms with Gasteiger partial charge < -0.3 is 34.1 Å². The Hall–Kier alpha value is -9.79. The smallest absolute Gasteiger partial charge is 0.119 e. The van der Waals surface area contributed by atoms with Gasteiger partial charge in [0.25, 0.3) is 0 Å². The number of piperazine rings is 2. The molecular weight excluding hydrogens is 1400 g/mol. The number of aliphatic hydroxyl groups excluding tert-OH is 1. The lowest BCUT2D eigenvalue weighted by Gasteiger charge is -2.47. The van der Waals surface area contributed by atoms with Gasteiger partial charge in [-0.25, -0.2) is 0 Å². The van der Waals surface area contributed by atoms with Crippen LogP contribution in [0.2, 0.25) is 0 Å². The summed E-state index contributed by atoms with van der Waals surface area (Å²) in [6, 6.07) is 102. The van der Waals surface area contributed by atoms with Crippen LogP contribution < -0.4 is 29.0 Å². The van der Waals surface area contributed by atoms with Crippen LogP contribution in [0.3, 0.4) is 0 Å². The molecule has 2 heterocycles. The van der Waals surface area contributed by atoms with Gasteiger partial charge in [-0.3, -0.25) is 14.7 Å². The first-order valence-electron chi connectivity index (χ1n) is 36.4. The zero-order valence-corrected chi connectivity index (χ0v) is 64.6. The lowest BCUT2D eigenvalue weighted by molar-refractivity contribution is 0.0306. The van der Waals surface area contributed by atoms with Crippen LogP contribution in [0.4, 0.5) is 0 Å². The maximum absolute atomic E-state index is 10.5. The number of fused-ring (bicyclic) bond motifs is 4. The van der Waals surface area contributed by atoms with Crippen molar-refractivity contribution in [3.05, 3.63) is 353 Å². The molecule has 13 aromatic carbocycles. The molecule has 0 aromatic heterocycles. The Morgan fingerprint density at radius 3 is 1.15 bits per heavy atom. The molecule has 2 fully saturated rings. The van der Waals surface area contributed by atoms with Crippen molar-refractivity contribution in [1.82, 2.24) is 20.0 Å². The summed E-state index contributed by atoms with van der Waals surface area (Å²) >= 11 is 9.93. The molecule has 15 rings (SSSR count). The van der Waals surface area contributed by atoms with Crippen molar-refractivity contribution in [2.24, 2.45) is 0 Å². The molecule has 544 valence electrons. The van der Waals surface area contributed by atoms with E-state index in [0.717, 1.165) is 93.6 Å². The number of hydrogen-bond donors (Lipinski definition) is 2. The molecule has 0 saturated carbocycles. The summed E-state index contributed by atoms with van der Waals surface area (Å²) in [6.45, 7) is 18.2. The fraction of sp³-hybridized carbons (Fsp3) is 0.234. The number of rotatable bonds is 17. The van der Waals surface area contributed by atoms with Gasteiger partial charge in [0, 0.05) is 61.4 Å². The van der Waals surface area contributed by atoms with E-state index in [2.05, 4.69) is 234 Å². The zero-order valence-electron chi connectivity index (χ0n) is 62.2. The number of hydrogen-bond acceptors (Lipinski definition) is 10. The van der Waals surface area contributed by atoms with Crippen molar-refractivity contribution in [3.8, 4) is 28.7 Å². The van der Waals surface area contributed by atoms with E-state index < -0.39 is 6.10 Å². The predicted octanol–water partition coefficient (Wildman–Crippen LogP) is 21.7. The Kier molecular flexibility index (Phi) is 27.7. The second kappa shape index (κ2) is 38.0. The van der Waals surface area contributed by atoms with Crippen molar-refractivity contribution in [2.75, 3.05) is 68.3 Å². The van der Waals surface area contributed by atoms with Crippen LogP contribution >= 0.6 is 27.5 Å². The highest BCUT2D eigenvalue weighted by Gasteiger charge is 2.35.